The number of hydrogen-bond donors (Lipinski definition) is 0. The lowest BCUT2D eigenvalue weighted by Crippen LogP contribution is -2.21. The number of benzene rings is 2. The highest BCUT2D eigenvalue weighted by atomic mass is 15.1. The number of rotatable bonds is 15. The summed E-state index contributed by atoms with van der Waals surface area (Å²) in [5.74, 6) is 0. The summed E-state index contributed by atoms with van der Waals surface area (Å²) in [5.41, 5.74) is 6.42. The van der Waals surface area contributed by atoms with Gasteiger partial charge in [-0.05, 0) is 68.7 Å². The van der Waals surface area contributed by atoms with Crippen LogP contribution >= 0.6 is 0 Å². The fraction of sp³-hybridized carbons (Fsp3) is 0.516. The first-order chi connectivity index (χ1) is 16.6. The molecule has 0 atom stereocenters. The van der Waals surface area contributed by atoms with E-state index >= 15 is 0 Å². The van der Waals surface area contributed by atoms with Crippen molar-refractivity contribution in [3.05, 3.63) is 65.7 Å². The summed E-state index contributed by atoms with van der Waals surface area (Å²) < 4.78 is 2.50. The highest BCUT2D eigenvalue weighted by Crippen LogP contribution is 2.27. The van der Waals surface area contributed by atoms with Crippen molar-refractivity contribution in [2.45, 2.75) is 67.2 Å². The van der Waals surface area contributed by atoms with Gasteiger partial charge in [0, 0.05) is 56.5 Å². The second-order valence-corrected chi connectivity index (χ2v) is 8.91. The third kappa shape index (κ3) is 8.04. The molecule has 0 aliphatic carbocycles. The molecule has 0 heterocycles. The van der Waals surface area contributed by atoms with E-state index in [9.17, 15) is 0 Å². The van der Waals surface area contributed by atoms with E-state index in [0.717, 1.165) is 39.3 Å². The third-order valence-electron chi connectivity index (χ3n) is 6.66. The van der Waals surface area contributed by atoms with Gasteiger partial charge in [-0.1, -0.05) is 51.0 Å². The molecule has 3 heteroatoms. The average molecular weight is 463 g/mol. The van der Waals surface area contributed by atoms with Crippen molar-refractivity contribution in [3.63, 3.8) is 0 Å². The van der Waals surface area contributed by atoms with Crippen molar-refractivity contribution in [3.8, 4) is 0 Å². The number of unbranched alkanes of at least 4 members (excludes halogenated alkanes) is 2. The van der Waals surface area contributed by atoms with Crippen LogP contribution in [0.15, 0.2) is 54.6 Å². The zero-order valence-electron chi connectivity index (χ0n) is 22.7. The lowest BCUT2D eigenvalue weighted by Gasteiger charge is -2.22. The van der Waals surface area contributed by atoms with Crippen molar-refractivity contribution in [1.82, 2.24) is 0 Å². The molecule has 0 aromatic heterocycles. The molecule has 186 valence electrons. The predicted molar refractivity (Wildman–Crippen MR) is 153 cm³/mol. The highest BCUT2D eigenvalue weighted by Gasteiger charge is 2.10. The first kappa shape index (κ1) is 27.7. The summed E-state index contributed by atoms with van der Waals surface area (Å²) in [6.07, 6.45) is 9.60. The van der Waals surface area contributed by atoms with E-state index in [-0.39, 0.29) is 0 Å². The highest BCUT2D eigenvalue weighted by molar-refractivity contribution is 5.90. The second kappa shape index (κ2) is 15.4. The molecule has 0 amide bonds. The van der Waals surface area contributed by atoms with Crippen LogP contribution in [0.5, 0.6) is 0 Å². The summed E-state index contributed by atoms with van der Waals surface area (Å²) in [7, 11) is 0. The molecule has 2 rings (SSSR count). The van der Waals surface area contributed by atoms with Gasteiger partial charge >= 0.3 is 0 Å². The number of nitrogens with zero attached hydrogens (tertiary/aromatic N) is 3. The van der Waals surface area contributed by atoms with Crippen LogP contribution in [0.2, 0.25) is 0 Å². The quantitative estimate of drug-likeness (QED) is 0.200. The van der Waals surface area contributed by atoms with Crippen molar-refractivity contribution >= 4 is 23.2 Å². The number of hydrogen-bond acceptors (Lipinski definition) is 2. The molecule has 0 bridgehead atoms. The summed E-state index contributed by atoms with van der Waals surface area (Å²) >= 11 is 0. The first-order valence-corrected chi connectivity index (χ1v) is 13.6. The van der Waals surface area contributed by atoms with Gasteiger partial charge in [-0.15, -0.1) is 0 Å². The van der Waals surface area contributed by atoms with Crippen LogP contribution in [0.25, 0.3) is 5.57 Å². The molecule has 0 aliphatic heterocycles. The van der Waals surface area contributed by atoms with Gasteiger partial charge in [0.05, 0.1) is 0 Å². The Labute approximate surface area is 209 Å². The van der Waals surface area contributed by atoms with Gasteiger partial charge in [0.25, 0.3) is 0 Å². The van der Waals surface area contributed by atoms with Crippen LogP contribution in [-0.4, -0.2) is 50.1 Å². The maximum Gasteiger partial charge on any atom is 0.163 e. The Morgan fingerprint density at radius 1 is 0.618 bits per heavy atom. The van der Waals surface area contributed by atoms with Gasteiger partial charge < -0.3 is 9.80 Å². The van der Waals surface area contributed by atoms with E-state index < -0.39 is 0 Å². The zero-order valence-corrected chi connectivity index (χ0v) is 22.7. The van der Waals surface area contributed by atoms with Crippen LogP contribution in [0.4, 0.5) is 11.4 Å². The predicted octanol–water partition coefficient (Wildman–Crippen LogP) is 7.49. The standard InChI is InChI=1S/C31H48N3/c1-7-13-24-32(25-14-8-2)26-23-31(27-15-19-29(20-16-27)33(9-3)10-4)28-17-21-30(22-18-28)34(11-5)12-6/h15-23,26H,7-14,24-25H2,1-6H3/q+1. The van der Waals surface area contributed by atoms with Crippen LogP contribution < -0.4 is 9.80 Å². The molecule has 0 saturated heterocycles. The minimum atomic E-state index is 1.03. The molecule has 0 saturated carbocycles. The van der Waals surface area contributed by atoms with E-state index in [4.69, 9.17) is 0 Å². The molecule has 0 fully saturated rings. The van der Waals surface area contributed by atoms with Gasteiger partial charge in [-0.25, -0.2) is 4.58 Å². The van der Waals surface area contributed by atoms with Gasteiger partial charge in [-0.3, -0.25) is 0 Å². The van der Waals surface area contributed by atoms with Crippen molar-refractivity contribution in [2.24, 2.45) is 0 Å². The Morgan fingerprint density at radius 2 is 1.00 bits per heavy atom. The van der Waals surface area contributed by atoms with Crippen LogP contribution in [0, 0.1) is 0 Å². The molecule has 0 radical (unpaired) electrons. The maximum absolute atomic E-state index is 2.50. The fourth-order valence-corrected chi connectivity index (χ4v) is 4.40. The molecule has 0 aliphatic rings. The van der Waals surface area contributed by atoms with Gasteiger partial charge in [0.15, 0.2) is 6.21 Å². The molecule has 0 spiro atoms. The van der Waals surface area contributed by atoms with Crippen LogP contribution in [0.1, 0.15) is 78.4 Å². The Kier molecular flexibility index (Phi) is 12.5. The Balaban J connectivity index is 2.47. The minimum absolute atomic E-state index is 1.03. The normalized spacial score (nSPS) is 10.6. The monoisotopic (exact) mass is 462 g/mol. The Morgan fingerprint density at radius 3 is 1.32 bits per heavy atom. The molecular weight excluding hydrogens is 414 g/mol. The van der Waals surface area contributed by atoms with Gasteiger partial charge in [0.2, 0.25) is 0 Å². The van der Waals surface area contributed by atoms with Crippen molar-refractivity contribution in [1.29, 1.82) is 0 Å². The van der Waals surface area contributed by atoms with E-state index in [1.54, 1.807) is 0 Å². The molecule has 2 aromatic carbocycles. The summed E-state index contributed by atoms with van der Waals surface area (Å²) in [4.78, 5) is 4.80. The van der Waals surface area contributed by atoms with E-state index in [0.29, 0.717) is 0 Å². The molecule has 3 nitrogen and oxygen atoms in total. The number of allylic oxidation sites excluding steroid dienone is 1. The molecule has 34 heavy (non-hydrogen) atoms. The molecule has 0 N–H and O–H groups in total. The van der Waals surface area contributed by atoms with Gasteiger partial charge in [0.1, 0.15) is 13.1 Å². The van der Waals surface area contributed by atoms with Crippen molar-refractivity contribution < 1.29 is 4.58 Å². The average Bonchev–Trinajstić information content (AvgIpc) is 2.88. The Bertz CT molecular complexity index is 802. The topological polar surface area (TPSA) is 9.49 Å². The van der Waals surface area contributed by atoms with Gasteiger partial charge in [-0.2, -0.15) is 0 Å². The number of anilines is 2. The largest absolute Gasteiger partial charge is 0.372 e. The summed E-state index contributed by atoms with van der Waals surface area (Å²) in [6, 6.07) is 18.2. The fourth-order valence-electron chi connectivity index (χ4n) is 4.40. The molecule has 0 unspecified atom stereocenters. The summed E-state index contributed by atoms with van der Waals surface area (Å²) in [5, 5.41) is 0. The maximum atomic E-state index is 2.50. The van der Waals surface area contributed by atoms with E-state index in [2.05, 4.69) is 117 Å². The third-order valence-corrected chi connectivity index (χ3v) is 6.66. The SMILES string of the molecule is CCCC[N+](=CC=C(c1ccc(N(CC)CC)cc1)c1ccc(N(CC)CC)cc1)CCCC. The van der Waals surface area contributed by atoms with Crippen LogP contribution in [0.3, 0.4) is 0 Å². The zero-order chi connectivity index (χ0) is 24.8. The lowest BCUT2D eigenvalue weighted by molar-refractivity contribution is -0.523. The first-order valence-electron chi connectivity index (χ1n) is 13.6. The molecule has 2 aromatic rings. The van der Waals surface area contributed by atoms with Crippen molar-refractivity contribution in [2.75, 3.05) is 49.1 Å². The minimum Gasteiger partial charge on any atom is -0.372 e. The molecular formula is C31H48N3+. The Hall–Kier alpha value is -2.55. The smallest absolute Gasteiger partial charge is 0.163 e. The van der Waals surface area contributed by atoms with Crippen LogP contribution in [-0.2, 0) is 0 Å². The van der Waals surface area contributed by atoms with E-state index in [1.165, 1.54) is 53.8 Å². The second-order valence-electron chi connectivity index (χ2n) is 8.91. The lowest BCUT2D eigenvalue weighted by atomic mass is 9.97. The van der Waals surface area contributed by atoms with E-state index in [1.807, 2.05) is 0 Å². The summed E-state index contributed by atoms with van der Waals surface area (Å²) in [6.45, 7) is 19.8.